The molecule has 1 atom stereocenters. The van der Waals surface area contributed by atoms with Gasteiger partial charge in [-0.2, -0.15) is 4.72 Å². The third-order valence-corrected chi connectivity index (χ3v) is 6.35. The summed E-state index contributed by atoms with van der Waals surface area (Å²) in [7, 11) is -0.790. The number of amides is 1. The summed E-state index contributed by atoms with van der Waals surface area (Å²) in [5, 5.41) is 2.82. The van der Waals surface area contributed by atoms with Crippen LogP contribution in [0.4, 0.5) is 0 Å². The minimum atomic E-state index is -3.87. The van der Waals surface area contributed by atoms with Crippen LogP contribution in [-0.2, 0) is 27.8 Å². The number of rotatable bonds is 10. The van der Waals surface area contributed by atoms with Gasteiger partial charge in [-0.3, -0.25) is 4.79 Å². The predicted octanol–water partition coefficient (Wildman–Crippen LogP) is 2.91. The van der Waals surface area contributed by atoms with Gasteiger partial charge in [-0.1, -0.05) is 54.6 Å². The first kappa shape index (κ1) is 23.3. The fraction of sp³-hybridized carbons (Fsp3) is 0.208. The summed E-state index contributed by atoms with van der Waals surface area (Å²) in [5.74, 6) is 0.702. The summed E-state index contributed by atoms with van der Waals surface area (Å²) in [6.45, 7) is 0.206. The standard InChI is InChI=1S/C24H26N2O5S/c1-30-22-14-13-19(16-23(22)31-2)17-25-24(27)21(15-18-9-5-3-6-10-18)26-32(28,29)20-11-7-4-8-12-20/h3-14,16,21,26H,15,17H2,1-2H3,(H,25,27)/t21-/m1/s1. The number of hydrogen-bond acceptors (Lipinski definition) is 5. The van der Waals surface area contributed by atoms with Gasteiger partial charge in [0.2, 0.25) is 15.9 Å². The zero-order chi connectivity index (χ0) is 23.0. The highest BCUT2D eigenvalue weighted by atomic mass is 32.2. The van der Waals surface area contributed by atoms with Gasteiger partial charge in [0.15, 0.2) is 11.5 Å². The minimum absolute atomic E-state index is 0.103. The van der Waals surface area contributed by atoms with Gasteiger partial charge in [0.1, 0.15) is 6.04 Å². The number of carbonyl (C=O) groups is 1. The Kier molecular flexibility index (Phi) is 7.86. The first-order valence-electron chi connectivity index (χ1n) is 10.0. The fourth-order valence-corrected chi connectivity index (χ4v) is 4.41. The number of benzene rings is 3. The van der Waals surface area contributed by atoms with Crippen LogP contribution in [0.15, 0.2) is 83.8 Å². The second kappa shape index (κ2) is 10.8. The van der Waals surface area contributed by atoms with Gasteiger partial charge in [-0.05, 0) is 41.8 Å². The molecule has 0 saturated carbocycles. The molecule has 0 radical (unpaired) electrons. The molecule has 168 valence electrons. The van der Waals surface area contributed by atoms with Crippen molar-refractivity contribution in [1.82, 2.24) is 10.0 Å². The Balaban J connectivity index is 1.77. The van der Waals surface area contributed by atoms with Gasteiger partial charge in [-0.25, -0.2) is 8.42 Å². The van der Waals surface area contributed by atoms with E-state index >= 15 is 0 Å². The van der Waals surface area contributed by atoms with Crippen LogP contribution in [0, 0.1) is 0 Å². The summed E-state index contributed by atoms with van der Waals surface area (Å²) in [6, 6.07) is 21.6. The Morgan fingerprint density at radius 1 is 0.844 bits per heavy atom. The Bertz CT molecular complexity index is 1140. The average molecular weight is 455 g/mol. The summed E-state index contributed by atoms with van der Waals surface area (Å²) in [4.78, 5) is 13.1. The molecule has 0 aliphatic rings. The number of carbonyl (C=O) groups excluding carboxylic acids is 1. The largest absolute Gasteiger partial charge is 0.493 e. The molecule has 0 aliphatic carbocycles. The molecule has 3 aromatic rings. The van der Waals surface area contributed by atoms with E-state index in [0.717, 1.165) is 11.1 Å². The van der Waals surface area contributed by atoms with E-state index in [4.69, 9.17) is 9.47 Å². The highest BCUT2D eigenvalue weighted by Gasteiger charge is 2.26. The molecule has 32 heavy (non-hydrogen) atoms. The van der Waals surface area contributed by atoms with E-state index in [1.165, 1.54) is 19.2 Å². The monoisotopic (exact) mass is 454 g/mol. The van der Waals surface area contributed by atoms with Gasteiger partial charge >= 0.3 is 0 Å². The van der Waals surface area contributed by atoms with Gasteiger partial charge in [0.05, 0.1) is 19.1 Å². The molecule has 0 spiro atoms. The molecule has 0 heterocycles. The summed E-state index contributed by atoms with van der Waals surface area (Å²) < 4.78 is 38.8. The van der Waals surface area contributed by atoms with Crippen molar-refractivity contribution >= 4 is 15.9 Å². The maximum atomic E-state index is 13.0. The lowest BCUT2D eigenvalue weighted by molar-refractivity contribution is -0.122. The lowest BCUT2D eigenvalue weighted by atomic mass is 10.1. The topological polar surface area (TPSA) is 93.7 Å². The van der Waals surface area contributed by atoms with Crippen molar-refractivity contribution < 1.29 is 22.7 Å². The molecule has 0 aliphatic heterocycles. The Labute approximate surface area is 188 Å². The van der Waals surface area contributed by atoms with Crippen molar-refractivity contribution in [3.8, 4) is 11.5 Å². The molecule has 3 rings (SSSR count). The van der Waals surface area contributed by atoms with Crippen LogP contribution < -0.4 is 19.5 Å². The van der Waals surface area contributed by atoms with E-state index in [-0.39, 0.29) is 17.9 Å². The number of hydrogen-bond donors (Lipinski definition) is 2. The molecule has 0 bridgehead atoms. The lowest BCUT2D eigenvalue weighted by Crippen LogP contribution is -2.47. The number of ether oxygens (including phenoxy) is 2. The molecule has 1 amide bonds. The van der Waals surface area contributed by atoms with Crippen molar-refractivity contribution in [2.24, 2.45) is 0 Å². The van der Waals surface area contributed by atoms with E-state index < -0.39 is 22.0 Å². The first-order chi connectivity index (χ1) is 15.4. The van der Waals surface area contributed by atoms with Crippen LogP contribution in [0.25, 0.3) is 0 Å². The molecule has 0 aromatic heterocycles. The maximum absolute atomic E-state index is 13.0. The smallest absolute Gasteiger partial charge is 0.241 e. The summed E-state index contributed by atoms with van der Waals surface area (Å²) in [5.41, 5.74) is 1.63. The van der Waals surface area contributed by atoms with E-state index in [9.17, 15) is 13.2 Å². The van der Waals surface area contributed by atoms with Crippen molar-refractivity contribution in [3.63, 3.8) is 0 Å². The number of methoxy groups -OCH3 is 2. The Morgan fingerprint density at radius 3 is 2.09 bits per heavy atom. The molecule has 2 N–H and O–H groups in total. The lowest BCUT2D eigenvalue weighted by Gasteiger charge is -2.19. The molecule has 0 saturated heterocycles. The Morgan fingerprint density at radius 2 is 1.47 bits per heavy atom. The zero-order valence-corrected chi connectivity index (χ0v) is 18.8. The quantitative estimate of drug-likeness (QED) is 0.491. The van der Waals surface area contributed by atoms with Crippen LogP contribution in [0.5, 0.6) is 11.5 Å². The van der Waals surface area contributed by atoms with Crippen molar-refractivity contribution in [2.45, 2.75) is 23.9 Å². The van der Waals surface area contributed by atoms with Gasteiger partial charge in [0, 0.05) is 6.54 Å². The third kappa shape index (κ3) is 6.09. The fourth-order valence-electron chi connectivity index (χ4n) is 3.20. The molecule has 0 fully saturated rings. The average Bonchev–Trinajstić information content (AvgIpc) is 2.83. The number of sulfonamides is 1. The van der Waals surface area contributed by atoms with Crippen molar-refractivity contribution in [3.05, 3.63) is 90.0 Å². The SMILES string of the molecule is COc1ccc(CNC(=O)[C@@H](Cc2ccccc2)NS(=O)(=O)c2ccccc2)cc1OC. The normalized spacial score (nSPS) is 12.1. The van der Waals surface area contributed by atoms with Crippen molar-refractivity contribution in [2.75, 3.05) is 14.2 Å². The van der Waals surface area contributed by atoms with Crippen molar-refractivity contribution in [1.29, 1.82) is 0 Å². The van der Waals surface area contributed by atoms with E-state index in [1.54, 1.807) is 37.4 Å². The molecular formula is C24H26N2O5S. The van der Waals surface area contributed by atoms with Crippen LogP contribution in [0.1, 0.15) is 11.1 Å². The number of nitrogens with one attached hydrogen (secondary N) is 2. The molecule has 3 aromatic carbocycles. The van der Waals surface area contributed by atoms with E-state index in [1.807, 2.05) is 36.4 Å². The molecule has 7 nitrogen and oxygen atoms in total. The first-order valence-corrected chi connectivity index (χ1v) is 11.5. The van der Waals surface area contributed by atoms with E-state index in [2.05, 4.69) is 10.0 Å². The van der Waals surface area contributed by atoms with Gasteiger partial charge < -0.3 is 14.8 Å². The second-order valence-corrected chi connectivity index (χ2v) is 8.80. The predicted molar refractivity (Wildman–Crippen MR) is 122 cm³/mol. The van der Waals surface area contributed by atoms with Gasteiger partial charge in [0.25, 0.3) is 0 Å². The summed E-state index contributed by atoms with van der Waals surface area (Å²) in [6.07, 6.45) is 0.213. The van der Waals surface area contributed by atoms with Crippen LogP contribution in [0.3, 0.4) is 0 Å². The zero-order valence-electron chi connectivity index (χ0n) is 17.9. The van der Waals surface area contributed by atoms with Gasteiger partial charge in [-0.15, -0.1) is 0 Å². The van der Waals surface area contributed by atoms with Crippen LogP contribution in [0.2, 0.25) is 0 Å². The Hall–Kier alpha value is -3.36. The second-order valence-electron chi connectivity index (χ2n) is 7.08. The van der Waals surface area contributed by atoms with E-state index in [0.29, 0.717) is 11.5 Å². The third-order valence-electron chi connectivity index (χ3n) is 4.86. The highest BCUT2D eigenvalue weighted by Crippen LogP contribution is 2.27. The van der Waals surface area contributed by atoms with Crippen LogP contribution >= 0.6 is 0 Å². The maximum Gasteiger partial charge on any atom is 0.241 e. The molecule has 0 unspecified atom stereocenters. The highest BCUT2D eigenvalue weighted by molar-refractivity contribution is 7.89. The minimum Gasteiger partial charge on any atom is -0.493 e. The molecular weight excluding hydrogens is 428 g/mol. The van der Waals surface area contributed by atoms with Crippen LogP contribution in [-0.4, -0.2) is 34.6 Å². The summed E-state index contributed by atoms with van der Waals surface area (Å²) >= 11 is 0. The molecule has 8 heteroatoms.